The number of benzene rings is 2. The number of hydrogen-bond acceptors (Lipinski definition) is 4. The molecule has 0 bridgehead atoms. The standard InChI is InChI=1S/C22H24FN3O2/c1-22(2,3)28-21(27)25-19-10-11-26(14-19)20-9-6-16(12-17(20)13-24)15-4-7-18(23)8-5-15/h4-9,12,19H,10-11,14H2,1-3H3,(H,25,27)/t19-/m0/s1. The summed E-state index contributed by atoms with van der Waals surface area (Å²) in [6.45, 7) is 6.84. The summed E-state index contributed by atoms with van der Waals surface area (Å²) in [7, 11) is 0. The highest BCUT2D eigenvalue weighted by molar-refractivity contribution is 5.72. The molecule has 28 heavy (non-hydrogen) atoms. The second-order valence-electron chi connectivity index (χ2n) is 7.93. The van der Waals surface area contributed by atoms with E-state index < -0.39 is 11.7 Å². The fourth-order valence-electron chi connectivity index (χ4n) is 3.29. The molecule has 0 aromatic heterocycles. The van der Waals surface area contributed by atoms with Gasteiger partial charge in [-0.1, -0.05) is 18.2 Å². The summed E-state index contributed by atoms with van der Waals surface area (Å²) < 4.78 is 18.4. The molecule has 2 aromatic rings. The van der Waals surface area contributed by atoms with Crippen LogP contribution in [0, 0.1) is 17.1 Å². The van der Waals surface area contributed by atoms with Gasteiger partial charge in [-0.25, -0.2) is 9.18 Å². The lowest BCUT2D eigenvalue weighted by Gasteiger charge is -2.23. The van der Waals surface area contributed by atoms with Crippen LogP contribution in [-0.4, -0.2) is 30.8 Å². The molecule has 1 fully saturated rings. The van der Waals surface area contributed by atoms with Crippen LogP contribution >= 0.6 is 0 Å². The zero-order valence-electron chi connectivity index (χ0n) is 16.3. The van der Waals surface area contributed by atoms with Gasteiger partial charge in [0.15, 0.2) is 0 Å². The van der Waals surface area contributed by atoms with Crippen molar-refractivity contribution in [2.45, 2.75) is 38.8 Å². The summed E-state index contributed by atoms with van der Waals surface area (Å²) in [4.78, 5) is 14.1. The van der Waals surface area contributed by atoms with Crippen LogP contribution in [0.1, 0.15) is 32.8 Å². The maximum atomic E-state index is 13.1. The van der Waals surface area contributed by atoms with E-state index in [0.29, 0.717) is 12.1 Å². The molecular formula is C22H24FN3O2. The molecule has 1 N–H and O–H groups in total. The molecule has 146 valence electrons. The van der Waals surface area contributed by atoms with Crippen LogP contribution in [-0.2, 0) is 4.74 Å². The highest BCUT2D eigenvalue weighted by Crippen LogP contribution is 2.29. The molecule has 1 amide bonds. The molecule has 1 aliphatic heterocycles. The Kier molecular flexibility index (Phi) is 5.55. The molecule has 0 aliphatic carbocycles. The third kappa shape index (κ3) is 4.80. The van der Waals surface area contributed by atoms with E-state index in [0.717, 1.165) is 29.8 Å². The largest absolute Gasteiger partial charge is 0.444 e. The number of nitriles is 1. The van der Waals surface area contributed by atoms with Crippen molar-refractivity contribution in [2.24, 2.45) is 0 Å². The van der Waals surface area contributed by atoms with Gasteiger partial charge in [0.1, 0.15) is 17.5 Å². The molecule has 0 saturated carbocycles. The number of nitrogens with zero attached hydrogens (tertiary/aromatic N) is 2. The Hall–Kier alpha value is -3.07. The summed E-state index contributed by atoms with van der Waals surface area (Å²) in [6.07, 6.45) is 0.357. The molecule has 1 heterocycles. The second kappa shape index (κ2) is 7.89. The SMILES string of the molecule is CC(C)(C)OC(=O)N[C@H]1CCN(c2ccc(-c3ccc(F)cc3)cc2C#N)C1. The summed E-state index contributed by atoms with van der Waals surface area (Å²) in [5.41, 5.74) is 2.58. The minimum Gasteiger partial charge on any atom is -0.444 e. The molecular weight excluding hydrogens is 357 g/mol. The van der Waals surface area contributed by atoms with Crippen molar-refractivity contribution in [3.63, 3.8) is 0 Å². The second-order valence-corrected chi connectivity index (χ2v) is 7.93. The van der Waals surface area contributed by atoms with Crippen LogP contribution in [0.3, 0.4) is 0 Å². The first-order valence-corrected chi connectivity index (χ1v) is 9.30. The van der Waals surface area contributed by atoms with Gasteiger partial charge in [-0.05, 0) is 62.6 Å². The number of amides is 1. The molecule has 0 radical (unpaired) electrons. The third-order valence-electron chi connectivity index (χ3n) is 4.54. The number of rotatable bonds is 3. The van der Waals surface area contributed by atoms with Gasteiger partial charge in [-0.2, -0.15) is 5.26 Å². The van der Waals surface area contributed by atoms with Crippen molar-refractivity contribution in [1.82, 2.24) is 5.32 Å². The molecule has 1 saturated heterocycles. The summed E-state index contributed by atoms with van der Waals surface area (Å²) in [6, 6.07) is 14.1. The monoisotopic (exact) mass is 381 g/mol. The molecule has 0 unspecified atom stereocenters. The first-order valence-electron chi connectivity index (χ1n) is 9.30. The zero-order chi connectivity index (χ0) is 20.3. The van der Waals surface area contributed by atoms with Crippen molar-refractivity contribution in [3.8, 4) is 17.2 Å². The summed E-state index contributed by atoms with van der Waals surface area (Å²) >= 11 is 0. The van der Waals surface area contributed by atoms with Gasteiger partial charge in [0.25, 0.3) is 0 Å². The van der Waals surface area contributed by atoms with E-state index in [1.54, 1.807) is 12.1 Å². The Labute approximate surface area is 164 Å². The van der Waals surface area contributed by atoms with Crippen LogP contribution in [0.4, 0.5) is 14.9 Å². The lowest BCUT2D eigenvalue weighted by molar-refractivity contribution is 0.0509. The van der Waals surface area contributed by atoms with Crippen LogP contribution in [0.25, 0.3) is 11.1 Å². The van der Waals surface area contributed by atoms with Crippen molar-refractivity contribution in [3.05, 3.63) is 53.8 Å². The maximum Gasteiger partial charge on any atom is 0.407 e. The number of ether oxygens (including phenoxy) is 1. The Morgan fingerprint density at radius 1 is 1.21 bits per heavy atom. The smallest absolute Gasteiger partial charge is 0.407 e. The first kappa shape index (κ1) is 19.7. The average molecular weight is 381 g/mol. The molecule has 6 heteroatoms. The number of carbonyl (C=O) groups excluding carboxylic acids is 1. The quantitative estimate of drug-likeness (QED) is 0.852. The predicted molar refractivity (Wildman–Crippen MR) is 107 cm³/mol. The molecule has 2 aromatic carbocycles. The highest BCUT2D eigenvalue weighted by atomic mass is 19.1. The fourth-order valence-corrected chi connectivity index (χ4v) is 3.29. The topological polar surface area (TPSA) is 65.4 Å². The maximum absolute atomic E-state index is 13.1. The normalized spacial score (nSPS) is 16.5. The van der Waals surface area contributed by atoms with E-state index in [-0.39, 0.29) is 11.9 Å². The Morgan fingerprint density at radius 3 is 2.54 bits per heavy atom. The summed E-state index contributed by atoms with van der Waals surface area (Å²) in [5, 5.41) is 12.5. The lowest BCUT2D eigenvalue weighted by atomic mass is 10.0. The van der Waals surface area contributed by atoms with Gasteiger partial charge in [0.2, 0.25) is 0 Å². The van der Waals surface area contributed by atoms with Crippen LogP contribution in [0.2, 0.25) is 0 Å². The number of alkyl carbamates (subject to hydrolysis) is 1. The molecule has 1 atom stereocenters. The number of anilines is 1. The predicted octanol–water partition coefficient (Wildman–Crippen LogP) is 4.47. The minimum atomic E-state index is -0.535. The number of hydrogen-bond donors (Lipinski definition) is 1. The van der Waals surface area contributed by atoms with Crippen LogP contribution in [0.5, 0.6) is 0 Å². The molecule has 3 rings (SSSR count). The van der Waals surface area contributed by atoms with Gasteiger partial charge in [0.05, 0.1) is 17.3 Å². The van der Waals surface area contributed by atoms with E-state index in [4.69, 9.17) is 4.74 Å². The first-order chi connectivity index (χ1) is 13.2. The Bertz CT molecular complexity index is 897. The van der Waals surface area contributed by atoms with Crippen molar-refractivity contribution in [2.75, 3.05) is 18.0 Å². The molecule has 1 aliphatic rings. The van der Waals surface area contributed by atoms with E-state index in [1.807, 2.05) is 39.0 Å². The minimum absolute atomic E-state index is 0.0295. The van der Waals surface area contributed by atoms with Crippen LogP contribution < -0.4 is 10.2 Å². The fraction of sp³-hybridized carbons (Fsp3) is 0.364. The van der Waals surface area contributed by atoms with Gasteiger partial charge in [0, 0.05) is 13.1 Å². The Balaban J connectivity index is 1.71. The van der Waals surface area contributed by atoms with Crippen LogP contribution in [0.15, 0.2) is 42.5 Å². The lowest BCUT2D eigenvalue weighted by Crippen LogP contribution is -2.40. The van der Waals surface area contributed by atoms with Gasteiger partial charge in [-0.3, -0.25) is 0 Å². The van der Waals surface area contributed by atoms with Crippen molar-refractivity contribution in [1.29, 1.82) is 5.26 Å². The van der Waals surface area contributed by atoms with Gasteiger partial charge in [-0.15, -0.1) is 0 Å². The van der Waals surface area contributed by atoms with Gasteiger partial charge >= 0.3 is 6.09 Å². The van der Waals surface area contributed by atoms with Crippen molar-refractivity contribution >= 4 is 11.8 Å². The number of carbonyl (C=O) groups is 1. The number of halogens is 1. The number of nitrogens with one attached hydrogen (secondary N) is 1. The summed E-state index contributed by atoms with van der Waals surface area (Å²) in [5.74, 6) is -0.290. The average Bonchev–Trinajstić information content (AvgIpc) is 3.08. The van der Waals surface area contributed by atoms with Crippen molar-refractivity contribution < 1.29 is 13.9 Å². The zero-order valence-corrected chi connectivity index (χ0v) is 16.3. The highest BCUT2D eigenvalue weighted by Gasteiger charge is 2.27. The van der Waals surface area contributed by atoms with E-state index >= 15 is 0 Å². The Morgan fingerprint density at radius 2 is 1.89 bits per heavy atom. The molecule has 0 spiro atoms. The van der Waals surface area contributed by atoms with E-state index in [2.05, 4.69) is 16.3 Å². The van der Waals surface area contributed by atoms with E-state index in [9.17, 15) is 14.4 Å². The molecule has 5 nitrogen and oxygen atoms in total. The van der Waals surface area contributed by atoms with Gasteiger partial charge < -0.3 is 15.0 Å². The van der Waals surface area contributed by atoms with E-state index in [1.165, 1.54) is 12.1 Å². The third-order valence-corrected chi connectivity index (χ3v) is 4.54.